The monoisotopic (exact) mass is 232 g/mol. The van der Waals surface area contributed by atoms with Gasteiger partial charge < -0.3 is 0 Å². The van der Waals surface area contributed by atoms with E-state index in [1.54, 1.807) is 17.1 Å². The number of nitrogens with zero attached hydrogens (tertiary/aromatic N) is 4. The summed E-state index contributed by atoms with van der Waals surface area (Å²) >= 11 is 0. The van der Waals surface area contributed by atoms with Crippen LogP contribution < -0.4 is 11.3 Å². The highest BCUT2D eigenvalue weighted by Gasteiger charge is 2.13. The molecule has 0 bridgehead atoms. The summed E-state index contributed by atoms with van der Waals surface area (Å²) in [4.78, 5) is 4.09. The molecule has 0 aliphatic heterocycles. The second kappa shape index (κ2) is 5.51. The highest BCUT2D eigenvalue weighted by molar-refractivity contribution is 5.10. The maximum absolute atomic E-state index is 5.56. The van der Waals surface area contributed by atoms with Crippen molar-refractivity contribution >= 4 is 0 Å². The highest BCUT2D eigenvalue weighted by Crippen LogP contribution is 2.16. The topological polar surface area (TPSA) is 81.7 Å². The Bertz CT molecular complexity index is 452. The van der Waals surface area contributed by atoms with Crippen molar-refractivity contribution in [2.24, 2.45) is 12.9 Å². The highest BCUT2D eigenvalue weighted by atomic mass is 15.4. The lowest BCUT2D eigenvalue weighted by atomic mass is 10.1. The number of hydrogen-bond donors (Lipinski definition) is 2. The van der Waals surface area contributed by atoms with Crippen LogP contribution in [0.25, 0.3) is 0 Å². The summed E-state index contributed by atoms with van der Waals surface area (Å²) in [5, 5.41) is 7.75. The molecule has 0 aliphatic carbocycles. The molecular weight excluding hydrogens is 216 g/mol. The van der Waals surface area contributed by atoms with Crippen LogP contribution in [0.2, 0.25) is 0 Å². The molecule has 0 aliphatic rings. The van der Waals surface area contributed by atoms with Crippen molar-refractivity contribution in [3.05, 3.63) is 42.0 Å². The Morgan fingerprint density at radius 1 is 1.47 bits per heavy atom. The molecule has 6 heteroatoms. The van der Waals surface area contributed by atoms with E-state index in [0.29, 0.717) is 0 Å². The van der Waals surface area contributed by atoms with E-state index in [-0.39, 0.29) is 6.04 Å². The van der Waals surface area contributed by atoms with Crippen molar-refractivity contribution in [3.8, 4) is 0 Å². The van der Waals surface area contributed by atoms with Crippen molar-refractivity contribution in [1.29, 1.82) is 0 Å². The molecule has 90 valence electrons. The maximum Gasteiger partial charge on any atom is 0.0766 e. The second-order valence-corrected chi connectivity index (χ2v) is 3.90. The number of hydrogen-bond acceptors (Lipinski definition) is 5. The molecule has 1 atom stereocenters. The van der Waals surface area contributed by atoms with Crippen LogP contribution in [0.5, 0.6) is 0 Å². The average Bonchev–Trinajstić information content (AvgIpc) is 2.78. The van der Waals surface area contributed by atoms with Gasteiger partial charge in [0, 0.05) is 19.4 Å². The van der Waals surface area contributed by atoms with Crippen LogP contribution in [0.3, 0.4) is 0 Å². The van der Waals surface area contributed by atoms with Crippen LogP contribution in [0.1, 0.15) is 23.7 Å². The molecule has 2 aromatic rings. The van der Waals surface area contributed by atoms with Crippen LogP contribution >= 0.6 is 0 Å². The van der Waals surface area contributed by atoms with Gasteiger partial charge in [-0.3, -0.25) is 20.9 Å². The SMILES string of the molecule is Cn1nncc1C(CCc1cccnc1)NN. The van der Waals surface area contributed by atoms with Gasteiger partial charge in [-0.25, -0.2) is 0 Å². The van der Waals surface area contributed by atoms with Crippen LogP contribution in [-0.4, -0.2) is 20.0 Å². The minimum atomic E-state index is 0.0511. The van der Waals surface area contributed by atoms with E-state index in [1.165, 1.54) is 5.56 Å². The number of hydrazine groups is 1. The van der Waals surface area contributed by atoms with Crippen molar-refractivity contribution in [2.45, 2.75) is 18.9 Å². The standard InChI is InChI=1S/C11H16N6/c1-17-11(8-14-16-17)10(15-12)5-4-9-3-2-6-13-7-9/h2-3,6-8,10,15H,4-5,12H2,1H3. The lowest BCUT2D eigenvalue weighted by Crippen LogP contribution is -2.30. The van der Waals surface area contributed by atoms with Gasteiger partial charge in [-0.2, -0.15) is 0 Å². The molecule has 0 saturated carbocycles. The fourth-order valence-electron chi connectivity index (χ4n) is 1.79. The van der Waals surface area contributed by atoms with Gasteiger partial charge in [-0.1, -0.05) is 11.3 Å². The van der Waals surface area contributed by atoms with E-state index in [2.05, 4.69) is 26.8 Å². The molecule has 3 N–H and O–H groups in total. The molecule has 0 amide bonds. The zero-order valence-electron chi connectivity index (χ0n) is 9.74. The first-order valence-electron chi connectivity index (χ1n) is 5.51. The molecule has 0 spiro atoms. The van der Waals surface area contributed by atoms with Crippen molar-refractivity contribution < 1.29 is 0 Å². The first kappa shape index (κ1) is 11.7. The first-order chi connectivity index (χ1) is 8.31. The van der Waals surface area contributed by atoms with E-state index < -0.39 is 0 Å². The summed E-state index contributed by atoms with van der Waals surface area (Å²) in [6.07, 6.45) is 7.16. The molecule has 6 nitrogen and oxygen atoms in total. The Hall–Kier alpha value is -1.79. The third kappa shape index (κ3) is 2.86. The third-order valence-electron chi connectivity index (χ3n) is 2.75. The minimum absolute atomic E-state index is 0.0511. The minimum Gasteiger partial charge on any atom is -0.271 e. The number of aromatic nitrogens is 4. The molecule has 0 saturated heterocycles. The molecule has 17 heavy (non-hydrogen) atoms. The average molecular weight is 232 g/mol. The fraction of sp³-hybridized carbons (Fsp3) is 0.364. The van der Waals surface area contributed by atoms with Gasteiger partial charge in [0.05, 0.1) is 17.9 Å². The summed E-state index contributed by atoms with van der Waals surface area (Å²) in [6.45, 7) is 0. The molecule has 0 radical (unpaired) electrons. The summed E-state index contributed by atoms with van der Waals surface area (Å²) in [6, 6.07) is 4.05. The maximum atomic E-state index is 5.56. The number of nitrogens with one attached hydrogen (secondary N) is 1. The largest absolute Gasteiger partial charge is 0.271 e. The molecule has 1 unspecified atom stereocenters. The predicted molar refractivity (Wildman–Crippen MR) is 63.6 cm³/mol. The van der Waals surface area contributed by atoms with Gasteiger partial charge in [0.1, 0.15) is 0 Å². The van der Waals surface area contributed by atoms with Gasteiger partial charge in [-0.15, -0.1) is 5.10 Å². The summed E-state index contributed by atoms with van der Waals surface area (Å²) in [5.41, 5.74) is 4.97. The quantitative estimate of drug-likeness (QED) is 0.574. The van der Waals surface area contributed by atoms with Crippen molar-refractivity contribution in [2.75, 3.05) is 0 Å². The molecular formula is C11H16N6. The molecule has 2 rings (SSSR count). The number of pyridine rings is 1. The number of nitrogens with two attached hydrogens (primary N) is 1. The summed E-state index contributed by atoms with van der Waals surface area (Å²) in [7, 11) is 1.86. The van der Waals surface area contributed by atoms with Crippen LogP contribution in [0.15, 0.2) is 30.7 Å². The lowest BCUT2D eigenvalue weighted by molar-refractivity contribution is 0.479. The van der Waals surface area contributed by atoms with Crippen LogP contribution in [-0.2, 0) is 13.5 Å². The molecule has 2 heterocycles. The van der Waals surface area contributed by atoms with Gasteiger partial charge >= 0.3 is 0 Å². The van der Waals surface area contributed by atoms with Crippen molar-refractivity contribution in [3.63, 3.8) is 0 Å². The number of aryl methyl sites for hydroxylation is 2. The van der Waals surface area contributed by atoms with Crippen molar-refractivity contribution in [1.82, 2.24) is 25.4 Å². The normalized spacial score (nSPS) is 12.6. The van der Waals surface area contributed by atoms with E-state index in [1.807, 2.05) is 19.3 Å². The molecule has 0 fully saturated rings. The Morgan fingerprint density at radius 2 is 2.35 bits per heavy atom. The third-order valence-corrected chi connectivity index (χ3v) is 2.75. The first-order valence-corrected chi connectivity index (χ1v) is 5.51. The van der Waals surface area contributed by atoms with Crippen LogP contribution in [0.4, 0.5) is 0 Å². The Labute approximate surface area is 99.8 Å². The molecule has 2 aromatic heterocycles. The van der Waals surface area contributed by atoms with E-state index in [4.69, 9.17) is 5.84 Å². The Morgan fingerprint density at radius 3 is 2.94 bits per heavy atom. The van der Waals surface area contributed by atoms with Gasteiger partial charge in [-0.05, 0) is 24.5 Å². The zero-order chi connectivity index (χ0) is 12.1. The zero-order valence-corrected chi connectivity index (χ0v) is 9.74. The van der Waals surface area contributed by atoms with E-state index in [0.717, 1.165) is 18.5 Å². The van der Waals surface area contributed by atoms with Gasteiger partial charge in [0.2, 0.25) is 0 Å². The fourth-order valence-corrected chi connectivity index (χ4v) is 1.79. The lowest BCUT2D eigenvalue weighted by Gasteiger charge is -2.15. The van der Waals surface area contributed by atoms with Gasteiger partial charge in [0.25, 0.3) is 0 Å². The van der Waals surface area contributed by atoms with E-state index >= 15 is 0 Å². The Kier molecular flexibility index (Phi) is 3.79. The summed E-state index contributed by atoms with van der Waals surface area (Å²) < 4.78 is 1.73. The summed E-state index contributed by atoms with van der Waals surface area (Å²) in [5.74, 6) is 5.56. The second-order valence-electron chi connectivity index (χ2n) is 3.90. The Balaban J connectivity index is 2.00. The van der Waals surface area contributed by atoms with Gasteiger partial charge in [0.15, 0.2) is 0 Å². The van der Waals surface area contributed by atoms with E-state index in [9.17, 15) is 0 Å². The predicted octanol–water partition coefficient (Wildman–Crippen LogP) is 0.347. The smallest absolute Gasteiger partial charge is 0.0766 e. The molecule has 0 aromatic carbocycles. The number of rotatable bonds is 5. The van der Waals surface area contributed by atoms with Crippen LogP contribution in [0, 0.1) is 0 Å².